The van der Waals surface area contributed by atoms with E-state index in [4.69, 9.17) is 9.47 Å². The summed E-state index contributed by atoms with van der Waals surface area (Å²) in [5, 5.41) is 43.0. The average Bonchev–Trinajstić information content (AvgIpc) is 2.94. The number of hydrogen-bond donors (Lipinski definition) is 3. The van der Waals surface area contributed by atoms with Crippen molar-refractivity contribution in [3.8, 4) is 23.0 Å². The highest BCUT2D eigenvalue weighted by atomic mass is 16.6. The van der Waals surface area contributed by atoms with Crippen LogP contribution in [-0.2, 0) is 9.53 Å². The molecule has 2 aromatic carbocycles. The summed E-state index contributed by atoms with van der Waals surface area (Å²) >= 11 is 0. The summed E-state index contributed by atoms with van der Waals surface area (Å²) in [6, 6.07) is 3.14. The zero-order valence-electron chi connectivity index (χ0n) is 15.1. The lowest BCUT2D eigenvalue weighted by atomic mass is 9.80. The Morgan fingerprint density at radius 2 is 1.83 bits per heavy atom. The molecule has 4 rings (SSSR count). The number of aliphatic hydroxyl groups is 1. The SMILES string of the molecule is CC(=O)OCCC1c2c(cc3c(c2[O-])C(=O)c2c(O)cc(O)cc2C3=O)OC1O. The lowest BCUT2D eigenvalue weighted by Gasteiger charge is -2.26. The number of aromatic hydroxyl groups is 2. The number of benzene rings is 2. The lowest BCUT2D eigenvalue weighted by molar-refractivity contribution is -0.270. The van der Waals surface area contributed by atoms with Gasteiger partial charge in [-0.15, -0.1) is 0 Å². The maximum atomic E-state index is 13.1. The van der Waals surface area contributed by atoms with E-state index < -0.39 is 52.6 Å². The first-order valence-electron chi connectivity index (χ1n) is 8.72. The van der Waals surface area contributed by atoms with Crippen LogP contribution in [0.2, 0.25) is 0 Å². The third kappa shape index (κ3) is 2.78. The van der Waals surface area contributed by atoms with E-state index in [1.54, 1.807) is 0 Å². The molecule has 0 saturated carbocycles. The van der Waals surface area contributed by atoms with Gasteiger partial charge in [-0.1, -0.05) is 5.75 Å². The van der Waals surface area contributed by atoms with E-state index >= 15 is 0 Å². The van der Waals surface area contributed by atoms with E-state index in [9.17, 15) is 34.8 Å². The molecule has 1 heterocycles. The molecule has 0 aromatic heterocycles. The third-order valence-electron chi connectivity index (χ3n) is 5.02. The van der Waals surface area contributed by atoms with Crippen LogP contribution >= 0.6 is 0 Å². The Bertz CT molecular complexity index is 1090. The largest absolute Gasteiger partial charge is 0.872 e. The number of carbonyl (C=O) groups is 3. The molecule has 9 nitrogen and oxygen atoms in total. The Balaban J connectivity index is 1.83. The molecule has 1 aliphatic heterocycles. The first-order valence-corrected chi connectivity index (χ1v) is 8.72. The van der Waals surface area contributed by atoms with E-state index in [-0.39, 0.29) is 41.0 Å². The molecule has 0 fully saturated rings. The van der Waals surface area contributed by atoms with Gasteiger partial charge in [0.05, 0.1) is 18.1 Å². The molecule has 0 bridgehead atoms. The topological polar surface area (TPSA) is 153 Å². The van der Waals surface area contributed by atoms with Gasteiger partial charge in [-0.3, -0.25) is 14.4 Å². The Labute approximate surface area is 163 Å². The van der Waals surface area contributed by atoms with Gasteiger partial charge in [0.25, 0.3) is 0 Å². The van der Waals surface area contributed by atoms with Crippen molar-refractivity contribution in [3.05, 3.63) is 46.0 Å². The molecule has 2 aliphatic rings. The second kappa shape index (κ2) is 6.49. The van der Waals surface area contributed by atoms with Gasteiger partial charge in [0, 0.05) is 29.7 Å². The van der Waals surface area contributed by atoms with Crippen molar-refractivity contribution in [2.24, 2.45) is 0 Å². The van der Waals surface area contributed by atoms with Crippen LogP contribution < -0.4 is 9.84 Å². The number of phenols is 2. The van der Waals surface area contributed by atoms with Crippen molar-refractivity contribution >= 4 is 17.5 Å². The fraction of sp³-hybridized carbons (Fsp3) is 0.250. The number of phenolic OH excluding ortho intramolecular Hbond substituents is 2. The highest BCUT2D eigenvalue weighted by Gasteiger charge is 2.40. The Morgan fingerprint density at radius 1 is 1.14 bits per heavy atom. The molecule has 1 aliphatic carbocycles. The number of aliphatic hydroxyl groups excluding tert-OH is 1. The third-order valence-corrected chi connectivity index (χ3v) is 5.02. The van der Waals surface area contributed by atoms with Gasteiger partial charge in [-0.2, -0.15) is 0 Å². The predicted molar refractivity (Wildman–Crippen MR) is 93.2 cm³/mol. The molecule has 2 aromatic rings. The molecular weight excluding hydrogens is 384 g/mol. The number of esters is 1. The highest BCUT2D eigenvalue weighted by molar-refractivity contribution is 6.30. The zero-order valence-corrected chi connectivity index (χ0v) is 15.1. The van der Waals surface area contributed by atoms with Gasteiger partial charge in [0.2, 0.25) is 6.29 Å². The molecule has 0 amide bonds. The maximum Gasteiger partial charge on any atom is 0.302 e. The van der Waals surface area contributed by atoms with Gasteiger partial charge < -0.3 is 29.9 Å². The first kappa shape index (κ1) is 18.8. The van der Waals surface area contributed by atoms with Crippen LogP contribution in [0.1, 0.15) is 56.7 Å². The number of hydrogen-bond acceptors (Lipinski definition) is 9. The van der Waals surface area contributed by atoms with E-state index in [1.165, 1.54) is 13.0 Å². The lowest BCUT2D eigenvalue weighted by Crippen LogP contribution is -2.24. The number of rotatable bonds is 3. The van der Waals surface area contributed by atoms with Gasteiger partial charge in [-0.05, 0) is 24.1 Å². The first-order chi connectivity index (χ1) is 13.7. The second-order valence-corrected chi connectivity index (χ2v) is 6.83. The summed E-state index contributed by atoms with van der Waals surface area (Å²) in [6.07, 6.45) is -1.35. The van der Waals surface area contributed by atoms with Crippen LogP contribution in [0.15, 0.2) is 18.2 Å². The molecule has 0 spiro atoms. The molecule has 9 heteroatoms. The summed E-state index contributed by atoms with van der Waals surface area (Å²) in [4.78, 5) is 36.7. The number of ether oxygens (including phenoxy) is 2. The molecule has 29 heavy (non-hydrogen) atoms. The fourth-order valence-corrected chi connectivity index (χ4v) is 3.77. The van der Waals surface area contributed by atoms with Crippen LogP contribution in [0.5, 0.6) is 23.0 Å². The van der Waals surface area contributed by atoms with E-state index in [0.29, 0.717) is 0 Å². The van der Waals surface area contributed by atoms with Crippen molar-refractivity contribution in [1.29, 1.82) is 0 Å². The second-order valence-electron chi connectivity index (χ2n) is 6.83. The summed E-state index contributed by atoms with van der Waals surface area (Å²) in [5.74, 6) is -4.84. The summed E-state index contributed by atoms with van der Waals surface area (Å²) in [5.41, 5.74) is -1.26. The standard InChI is InChI=1S/C20H16O9/c1-7(21)28-3-2-9-15-13(29-20(9)27)6-11-16(19(15)26)18(25)14-10(17(11)24)4-8(22)5-12(14)23/h4-6,9,20,22-23,26-27H,2-3H2,1H3/p-1. The fourth-order valence-electron chi connectivity index (χ4n) is 3.77. The molecule has 3 N–H and O–H groups in total. The predicted octanol–water partition coefficient (Wildman–Crippen LogP) is 0.694. The molecular formula is C20H15O9-. The van der Waals surface area contributed by atoms with Crippen LogP contribution in [-0.4, -0.2) is 45.8 Å². The highest BCUT2D eigenvalue weighted by Crippen LogP contribution is 2.49. The molecule has 0 radical (unpaired) electrons. The summed E-state index contributed by atoms with van der Waals surface area (Å²) < 4.78 is 10.1. The van der Waals surface area contributed by atoms with Gasteiger partial charge in [0.15, 0.2) is 11.6 Å². The van der Waals surface area contributed by atoms with Crippen molar-refractivity contribution in [3.63, 3.8) is 0 Å². The molecule has 0 saturated heterocycles. The van der Waals surface area contributed by atoms with Gasteiger partial charge >= 0.3 is 5.97 Å². The Kier molecular flexibility index (Phi) is 4.20. The monoisotopic (exact) mass is 399 g/mol. The smallest absolute Gasteiger partial charge is 0.302 e. The number of ketones is 2. The molecule has 150 valence electrons. The van der Waals surface area contributed by atoms with Crippen molar-refractivity contribution in [1.82, 2.24) is 0 Å². The maximum absolute atomic E-state index is 13.1. The minimum atomic E-state index is -1.41. The quantitative estimate of drug-likeness (QED) is 0.540. The van der Waals surface area contributed by atoms with Crippen LogP contribution in [0.3, 0.4) is 0 Å². The van der Waals surface area contributed by atoms with Gasteiger partial charge in [0.1, 0.15) is 17.2 Å². The van der Waals surface area contributed by atoms with E-state index in [2.05, 4.69) is 0 Å². The van der Waals surface area contributed by atoms with E-state index in [0.717, 1.165) is 12.1 Å². The minimum Gasteiger partial charge on any atom is -0.872 e. The molecule has 2 unspecified atom stereocenters. The zero-order chi connectivity index (χ0) is 21.0. The summed E-state index contributed by atoms with van der Waals surface area (Å²) in [6.45, 7) is 1.14. The van der Waals surface area contributed by atoms with Crippen molar-refractivity contribution in [2.45, 2.75) is 25.6 Å². The van der Waals surface area contributed by atoms with Crippen LogP contribution in [0.4, 0.5) is 0 Å². The van der Waals surface area contributed by atoms with E-state index in [1.807, 2.05) is 0 Å². The average molecular weight is 399 g/mol. The van der Waals surface area contributed by atoms with Gasteiger partial charge in [-0.25, -0.2) is 0 Å². The Morgan fingerprint density at radius 3 is 2.52 bits per heavy atom. The number of carbonyl (C=O) groups excluding carboxylic acids is 3. The normalized spacial score (nSPS) is 19.2. The van der Waals surface area contributed by atoms with Crippen molar-refractivity contribution in [2.75, 3.05) is 6.61 Å². The van der Waals surface area contributed by atoms with Crippen LogP contribution in [0, 0.1) is 0 Å². The van der Waals surface area contributed by atoms with Crippen molar-refractivity contribution < 1.29 is 44.3 Å². The van der Waals surface area contributed by atoms with Crippen LogP contribution in [0.25, 0.3) is 0 Å². The summed E-state index contributed by atoms with van der Waals surface area (Å²) in [7, 11) is 0. The molecule has 2 atom stereocenters. The number of fused-ring (bicyclic) bond motifs is 3. The Hall–Kier alpha value is -3.59. The minimum absolute atomic E-state index is 0.00581.